The molecule has 1 amide bonds. The number of aromatic nitrogens is 2. The van der Waals surface area contributed by atoms with Crippen LogP contribution in [-0.4, -0.2) is 62.8 Å². The summed E-state index contributed by atoms with van der Waals surface area (Å²) in [7, 11) is 1.71. The lowest BCUT2D eigenvalue weighted by Gasteiger charge is -2.36. The minimum atomic E-state index is -4.97. The van der Waals surface area contributed by atoms with Crippen molar-refractivity contribution in [2.45, 2.75) is 30.2 Å². The Hall–Kier alpha value is -3.11. The predicted octanol–water partition coefficient (Wildman–Crippen LogP) is 2.23. The van der Waals surface area contributed by atoms with Gasteiger partial charge in [-0.1, -0.05) is 24.3 Å². The number of β-amino-alcohol motifs (C(OH)–C–C–N with tert-alkyl or cyclic N) is 1. The smallest absolute Gasteiger partial charge is 0.425 e. The van der Waals surface area contributed by atoms with Crippen molar-refractivity contribution >= 4 is 11.5 Å². The number of amides is 1. The molecule has 1 aromatic heterocycles. The quantitative estimate of drug-likeness (QED) is 0.729. The van der Waals surface area contributed by atoms with E-state index in [1.807, 2.05) is 0 Å². The summed E-state index contributed by atoms with van der Waals surface area (Å²) in [5.74, 6) is -0.737. The summed E-state index contributed by atoms with van der Waals surface area (Å²) in [5, 5.41) is 24.6. The van der Waals surface area contributed by atoms with Crippen molar-refractivity contribution < 1.29 is 32.9 Å². The van der Waals surface area contributed by atoms with Crippen molar-refractivity contribution in [1.29, 1.82) is 0 Å². The number of benzene rings is 1. The first-order valence-corrected chi connectivity index (χ1v) is 10.5. The molecular weight excluding hydrogens is 439 g/mol. The van der Waals surface area contributed by atoms with Crippen molar-refractivity contribution in [3.63, 3.8) is 0 Å². The molecule has 2 N–H and O–H groups in total. The highest BCUT2D eigenvalue weighted by molar-refractivity contribution is 5.87. The van der Waals surface area contributed by atoms with Crippen LogP contribution in [0, 0.1) is 0 Å². The lowest BCUT2D eigenvalue weighted by atomic mass is 9.80. The van der Waals surface area contributed by atoms with Crippen molar-refractivity contribution in [3.05, 3.63) is 70.8 Å². The van der Waals surface area contributed by atoms with Crippen LogP contribution in [-0.2, 0) is 22.2 Å². The predicted molar refractivity (Wildman–Crippen MR) is 111 cm³/mol. The number of carbonyl (C=O) groups excluding carboxylic acids is 1. The molecule has 1 saturated heterocycles. The molecule has 0 bridgehead atoms. The van der Waals surface area contributed by atoms with Gasteiger partial charge in [0, 0.05) is 49.8 Å². The summed E-state index contributed by atoms with van der Waals surface area (Å²) in [6, 6.07) is 5.97. The molecule has 0 radical (unpaired) electrons. The molecule has 2 heterocycles. The minimum absolute atomic E-state index is 0.174. The fourth-order valence-electron chi connectivity index (χ4n) is 4.81. The molecule has 2 aromatic rings. The Bertz CT molecular complexity index is 1180. The van der Waals surface area contributed by atoms with E-state index in [1.54, 1.807) is 36.3 Å². The van der Waals surface area contributed by atoms with Gasteiger partial charge >= 0.3 is 6.18 Å². The molecule has 2 unspecified atom stereocenters. The zero-order valence-corrected chi connectivity index (χ0v) is 17.7. The molecule has 2 atom stereocenters. The van der Waals surface area contributed by atoms with E-state index in [0.717, 1.165) is 0 Å². The van der Waals surface area contributed by atoms with Gasteiger partial charge < -0.3 is 19.8 Å². The number of allylic oxidation sites excluding steroid dienone is 2. The maximum atomic E-state index is 14.3. The maximum Gasteiger partial charge on any atom is 0.425 e. The zero-order valence-electron chi connectivity index (χ0n) is 17.7. The monoisotopic (exact) mass is 461 g/mol. The lowest BCUT2D eigenvalue weighted by molar-refractivity contribution is -0.247. The van der Waals surface area contributed by atoms with E-state index in [0.29, 0.717) is 16.7 Å². The van der Waals surface area contributed by atoms with Gasteiger partial charge in [0.1, 0.15) is 0 Å². The number of nitrogens with zero attached hydrogens (tertiary/aromatic N) is 3. The summed E-state index contributed by atoms with van der Waals surface area (Å²) in [6.45, 7) is 0.0499. The third-order valence-electron chi connectivity index (χ3n) is 6.48. The molecule has 3 aliphatic rings. The second kappa shape index (κ2) is 7.46. The van der Waals surface area contributed by atoms with Crippen LogP contribution in [0.5, 0.6) is 0 Å². The Balaban J connectivity index is 1.57. The third kappa shape index (κ3) is 3.36. The number of aliphatic hydroxyl groups is 2. The average Bonchev–Trinajstić information content (AvgIpc) is 3.29. The van der Waals surface area contributed by atoms with Gasteiger partial charge in [0.05, 0.1) is 18.1 Å². The first-order chi connectivity index (χ1) is 15.6. The number of likely N-dealkylation sites (tertiary alicyclic amines) is 1. The highest BCUT2D eigenvalue weighted by Crippen LogP contribution is 2.59. The zero-order chi connectivity index (χ0) is 23.5. The minimum Gasteiger partial charge on any atom is -0.488 e. The maximum absolute atomic E-state index is 14.3. The van der Waals surface area contributed by atoms with Gasteiger partial charge in [-0.25, -0.2) is 0 Å². The number of carbonyl (C=O) groups is 1. The Kier molecular flexibility index (Phi) is 4.91. The van der Waals surface area contributed by atoms with Crippen molar-refractivity contribution in [1.82, 2.24) is 14.7 Å². The van der Waals surface area contributed by atoms with Crippen molar-refractivity contribution in [2.24, 2.45) is 7.05 Å². The molecular formula is C23H22F3N3O4. The van der Waals surface area contributed by atoms with E-state index < -0.39 is 23.8 Å². The van der Waals surface area contributed by atoms with E-state index in [1.165, 1.54) is 23.1 Å². The number of fused-ring (bicyclic) bond motifs is 2. The van der Waals surface area contributed by atoms with Gasteiger partial charge in [-0.2, -0.15) is 18.3 Å². The largest absolute Gasteiger partial charge is 0.488 e. The highest BCUT2D eigenvalue weighted by atomic mass is 19.4. The lowest BCUT2D eigenvalue weighted by Crippen LogP contribution is -2.54. The molecule has 33 heavy (non-hydrogen) atoms. The molecule has 2 aliphatic carbocycles. The molecule has 10 heteroatoms. The Morgan fingerprint density at radius 1 is 1.30 bits per heavy atom. The van der Waals surface area contributed by atoms with Gasteiger partial charge in [-0.3, -0.25) is 9.48 Å². The summed E-state index contributed by atoms with van der Waals surface area (Å²) in [4.78, 5) is 13.7. The average molecular weight is 461 g/mol. The Morgan fingerprint density at radius 3 is 2.67 bits per heavy atom. The number of aryl methyl sites for hydroxylation is 1. The van der Waals surface area contributed by atoms with Crippen molar-refractivity contribution in [3.8, 4) is 0 Å². The van der Waals surface area contributed by atoms with Gasteiger partial charge in [0.25, 0.3) is 5.91 Å². The van der Waals surface area contributed by atoms with Crippen LogP contribution < -0.4 is 0 Å². The highest BCUT2D eigenvalue weighted by Gasteiger charge is 2.62. The Morgan fingerprint density at radius 2 is 2.03 bits per heavy atom. The summed E-state index contributed by atoms with van der Waals surface area (Å²) in [5.41, 5.74) is -2.32. The number of hydrogen-bond donors (Lipinski definition) is 2. The molecule has 1 fully saturated rings. The van der Waals surface area contributed by atoms with Crippen LogP contribution in [0.1, 0.15) is 29.0 Å². The number of rotatable bonds is 4. The number of alkyl halides is 3. The van der Waals surface area contributed by atoms with Gasteiger partial charge in [-0.15, -0.1) is 0 Å². The number of halogens is 3. The van der Waals surface area contributed by atoms with Crippen LogP contribution in [0.3, 0.4) is 0 Å². The molecule has 1 aliphatic heterocycles. The molecule has 7 nitrogen and oxygen atoms in total. The fourth-order valence-corrected chi connectivity index (χ4v) is 4.81. The SMILES string of the molecule is Cn1cc(C2CC(OCC(=O)N3CC(O)C3)=CC3=C2c2ccccc2C3(O)C(F)(F)F)cn1. The van der Waals surface area contributed by atoms with E-state index in [9.17, 15) is 28.2 Å². The third-order valence-corrected chi connectivity index (χ3v) is 6.48. The topological polar surface area (TPSA) is 87.8 Å². The second-order valence-corrected chi connectivity index (χ2v) is 8.64. The molecule has 0 spiro atoms. The normalized spacial score (nSPS) is 24.8. The van der Waals surface area contributed by atoms with Crippen LogP contribution in [0.25, 0.3) is 5.57 Å². The summed E-state index contributed by atoms with van der Waals surface area (Å²) < 4.78 is 50.1. The van der Waals surface area contributed by atoms with Crippen molar-refractivity contribution in [2.75, 3.05) is 19.7 Å². The first kappa shape index (κ1) is 21.7. The van der Waals surface area contributed by atoms with Gasteiger partial charge in [-0.05, 0) is 22.8 Å². The van der Waals surface area contributed by atoms with Crippen LogP contribution in [0.2, 0.25) is 0 Å². The molecule has 1 aromatic carbocycles. The van der Waals surface area contributed by atoms with Crippen LogP contribution in [0.15, 0.2) is 54.1 Å². The number of hydrogen-bond acceptors (Lipinski definition) is 5. The van der Waals surface area contributed by atoms with E-state index in [4.69, 9.17) is 4.74 Å². The summed E-state index contributed by atoms with van der Waals surface area (Å²) in [6.07, 6.45) is -0.806. The standard InChI is InChI=1S/C23H22F3N3O4/c1-28-9-13(8-27-28)17-6-15(33-12-20(31)29-10-14(30)11-29)7-19-21(17)16-4-2-3-5-18(16)22(19,32)23(24,25)26/h2-5,7-9,14,17,30,32H,6,10-12H2,1H3. The van der Waals surface area contributed by atoms with E-state index >= 15 is 0 Å². The fraction of sp³-hybridized carbons (Fsp3) is 0.391. The molecule has 0 saturated carbocycles. The van der Waals surface area contributed by atoms with Crippen LogP contribution >= 0.6 is 0 Å². The number of ether oxygens (including phenoxy) is 1. The van der Waals surface area contributed by atoms with Crippen LogP contribution in [0.4, 0.5) is 13.2 Å². The first-order valence-electron chi connectivity index (χ1n) is 10.5. The Labute approximate surface area is 187 Å². The van der Waals surface area contributed by atoms with Gasteiger partial charge in [0.2, 0.25) is 5.60 Å². The second-order valence-electron chi connectivity index (χ2n) is 8.64. The van der Waals surface area contributed by atoms with E-state index in [2.05, 4.69) is 5.10 Å². The van der Waals surface area contributed by atoms with Gasteiger partial charge in [0.15, 0.2) is 6.61 Å². The number of aliphatic hydroxyl groups excluding tert-OH is 1. The van der Waals surface area contributed by atoms with E-state index in [-0.39, 0.29) is 48.9 Å². The molecule has 5 rings (SSSR count). The molecule has 174 valence electrons. The summed E-state index contributed by atoms with van der Waals surface area (Å²) >= 11 is 0.